The van der Waals surface area contributed by atoms with Crippen LogP contribution in [0.1, 0.15) is 42.1 Å². The van der Waals surface area contributed by atoms with Gasteiger partial charge in [-0.1, -0.05) is 32.0 Å². The third-order valence-corrected chi connectivity index (χ3v) is 4.47. The summed E-state index contributed by atoms with van der Waals surface area (Å²) >= 11 is 0. The zero-order chi connectivity index (χ0) is 20.3. The number of nitrogens with one attached hydrogen (secondary N) is 3. The molecule has 7 heteroatoms. The fraction of sp³-hybridized carbons (Fsp3) is 0.286. The molecule has 1 aliphatic heterocycles. The minimum atomic E-state index is -0.767. The number of amides is 3. The van der Waals surface area contributed by atoms with Crippen LogP contribution in [0.25, 0.3) is 0 Å². The van der Waals surface area contributed by atoms with Crippen LogP contribution in [0.3, 0.4) is 0 Å². The molecule has 3 N–H and O–H groups in total. The molecule has 1 atom stereocenters. The second-order valence-corrected chi connectivity index (χ2v) is 7.18. The Morgan fingerprint density at radius 1 is 1.21 bits per heavy atom. The lowest BCUT2D eigenvalue weighted by Gasteiger charge is -2.25. The second-order valence-electron chi connectivity index (χ2n) is 7.18. The lowest BCUT2D eigenvalue weighted by Crippen LogP contribution is -2.32. The summed E-state index contributed by atoms with van der Waals surface area (Å²) in [4.78, 5) is 37.3. The van der Waals surface area contributed by atoms with Crippen molar-refractivity contribution >= 4 is 29.1 Å². The molecule has 0 radical (unpaired) electrons. The van der Waals surface area contributed by atoms with Gasteiger partial charge in [0.05, 0.1) is 17.2 Å². The van der Waals surface area contributed by atoms with Crippen molar-refractivity contribution in [1.29, 1.82) is 0 Å². The molecule has 6 nitrogen and oxygen atoms in total. The molecule has 146 valence electrons. The highest BCUT2D eigenvalue weighted by Crippen LogP contribution is 2.33. The van der Waals surface area contributed by atoms with E-state index in [9.17, 15) is 18.8 Å². The number of benzene rings is 2. The number of hydrogen-bond acceptors (Lipinski definition) is 3. The molecule has 1 aliphatic rings. The molecule has 2 aromatic rings. The van der Waals surface area contributed by atoms with E-state index in [-0.39, 0.29) is 18.2 Å². The van der Waals surface area contributed by atoms with E-state index >= 15 is 0 Å². The van der Waals surface area contributed by atoms with E-state index in [2.05, 4.69) is 16.0 Å². The Labute approximate surface area is 162 Å². The van der Waals surface area contributed by atoms with Crippen LogP contribution in [-0.2, 0) is 9.59 Å². The number of anilines is 2. The van der Waals surface area contributed by atoms with Crippen molar-refractivity contribution in [3.63, 3.8) is 0 Å². The number of rotatable bonds is 5. The maximum atomic E-state index is 13.5. The molecule has 0 aliphatic carbocycles. The Bertz CT molecular complexity index is 927. The molecule has 0 spiro atoms. The summed E-state index contributed by atoms with van der Waals surface area (Å²) < 4.78 is 13.5. The third-order valence-electron chi connectivity index (χ3n) is 4.47. The van der Waals surface area contributed by atoms with Crippen LogP contribution < -0.4 is 16.0 Å². The third kappa shape index (κ3) is 4.36. The SMILES string of the molecule is CC(C)CNC(=O)c1ccccc1NC(=O)C1CC(=O)Nc2cc(F)ccc21. The average molecular weight is 383 g/mol. The summed E-state index contributed by atoms with van der Waals surface area (Å²) in [5, 5.41) is 8.16. The molecule has 28 heavy (non-hydrogen) atoms. The van der Waals surface area contributed by atoms with Crippen LogP contribution in [0.5, 0.6) is 0 Å². The molecule has 0 saturated carbocycles. The minimum absolute atomic E-state index is 0.0494. The number of hydrogen-bond donors (Lipinski definition) is 3. The smallest absolute Gasteiger partial charge is 0.253 e. The van der Waals surface area contributed by atoms with Gasteiger partial charge in [-0.05, 0) is 35.7 Å². The van der Waals surface area contributed by atoms with Crippen molar-refractivity contribution in [2.45, 2.75) is 26.2 Å². The van der Waals surface area contributed by atoms with Gasteiger partial charge in [0, 0.05) is 18.7 Å². The monoisotopic (exact) mass is 383 g/mol. The van der Waals surface area contributed by atoms with Crippen molar-refractivity contribution in [2.24, 2.45) is 5.92 Å². The van der Waals surface area contributed by atoms with E-state index in [4.69, 9.17) is 0 Å². The fourth-order valence-corrected chi connectivity index (χ4v) is 3.07. The van der Waals surface area contributed by atoms with Gasteiger partial charge < -0.3 is 16.0 Å². The van der Waals surface area contributed by atoms with Gasteiger partial charge in [-0.3, -0.25) is 14.4 Å². The Hall–Kier alpha value is -3.22. The number of fused-ring (bicyclic) bond motifs is 1. The predicted octanol–water partition coefficient (Wildman–Crippen LogP) is 3.28. The van der Waals surface area contributed by atoms with Crippen LogP contribution in [0.4, 0.5) is 15.8 Å². The quantitative estimate of drug-likeness (QED) is 0.741. The molecule has 1 heterocycles. The lowest BCUT2D eigenvalue weighted by atomic mass is 9.89. The van der Waals surface area contributed by atoms with Gasteiger partial charge in [0.1, 0.15) is 5.82 Å². The molecule has 0 saturated heterocycles. The summed E-state index contributed by atoms with van der Waals surface area (Å²) in [5.41, 5.74) is 1.54. The summed E-state index contributed by atoms with van der Waals surface area (Å²) in [6.07, 6.45) is -0.0494. The van der Waals surface area contributed by atoms with Gasteiger partial charge >= 0.3 is 0 Å². The topological polar surface area (TPSA) is 87.3 Å². The molecule has 3 rings (SSSR count). The number of halogens is 1. The molecule has 0 fully saturated rings. The molecule has 1 unspecified atom stereocenters. The standard InChI is InChI=1S/C21H22FN3O3/c1-12(2)11-23-20(27)15-5-3-4-6-17(15)25-21(28)16-10-19(26)24-18-9-13(22)7-8-14(16)18/h3-9,12,16H,10-11H2,1-2H3,(H,23,27)(H,24,26)(H,25,28). The Balaban J connectivity index is 1.83. The average Bonchev–Trinajstić information content (AvgIpc) is 2.65. The Kier molecular flexibility index (Phi) is 5.73. The molecular weight excluding hydrogens is 361 g/mol. The van der Waals surface area contributed by atoms with Crippen LogP contribution >= 0.6 is 0 Å². The van der Waals surface area contributed by atoms with E-state index in [0.29, 0.717) is 35.0 Å². The van der Waals surface area contributed by atoms with Gasteiger partial charge in [-0.25, -0.2) is 4.39 Å². The van der Waals surface area contributed by atoms with Crippen molar-refractivity contribution in [3.05, 3.63) is 59.4 Å². The van der Waals surface area contributed by atoms with E-state index in [1.54, 1.807) is 24.3 Å². The van der Waals surface area contributed by atoms with Gasteiger partial charge in [-0.2, -0.15) is 0 Å². The maximum absolute atomic E-state index is 13.5. The molecule has 0 aromatic heterocycles. The first-order valence-corrected chi connectivity index (χ1v) is 9.12. The molecule has 2 aromatic carbocycles. The van der Waals surface area contributed by atoms with Crippen molar-refractivity contribution in [2.75, 3.05) is 17.2 Å². The zero-order valence-corrected chi connectivity index (χ0v) is 15.7. The zero-order valence-electron chi connectivity index (χ0n) is 15.7. The highest BCUT2D eigenvalue weighted by atomic mass is 19.1. The molecular formula is C21H22FN3O3. The first-order valence-electron chi connectivity index (χ1n) is 9.12. The van der Waals surface area contributed by atoms with E-state index in [0.717, 1.165) is 0 Å². The molecule has 3 amide bonds. The van der Waals surface area contributed by atoms with Crippen molar-refractivity contribution in [3.8, 4) is 0 Å². The number of carbonyl (C=O) groups excluding carboxylic acids is 3. The summed E-state index contributed by atoms with van der Waals surface area (Å²) in [7, 11) is 0. The first-order chi connectivity index (χ1) is 13.3. The van der Waals surface area contributed by atoms with Gasteiger partial charge in [0.2, 0.25) is 11.8 Å². The van der Waals surface area contributed by atoms with E-state index < -0.39 is 17.6 Å². The van der Waals surface area contributed by atoms with Gasteiger partial charge in [0.15, 0.2) is 0 Å². The largest absolute Gasteiger partial charge is 0.352 e. The van der Waals surface area contributed by atoms with Gasteiger partial charge in [0.25, 0.3) is 5.91 Å². The highest BCUT2D eigenvalue weighted by molar-refractivity contribution is 6.08. The van der Waals surface area contributed by atoms with Crippen LogP contribution in [0, 0.1) is 11.7 Å². The van der Waals surface area contributed by atoms with Crippen LogP contribution in [-0.4, -0.2) is 24.3 Å². The lowest BCUT2D eigenvalue weighted by molar-refractivity contribution is -0.123. The summed E-state index contributed by atoms with van der Waals surface area (Å²) in [6, 6.07) is 10.6. The first kappa shape index (κ1) is 19.5. The second kappa shape index (κ2) is 8.21. The van der Waals surface area contributed by atoms with Crippen LogP contribution in [0.2, 0.25) is 0 Å². The highest BCUT2D eigenvalue weighted by Gasteiger charge is 2.31. The fourth-order valence-electron chi connectivity index (χ4n) is 3.07. The summed E-state index contributed by atoms with van der Waals surface area (Å²) in [6.45, 7) is 4.49. The summed E-state index contributed by atoms with van der Waals surface area (Å²) in [5.74, 6) is -2.03. The molecule has 0 bridgehead atoms. The maximum Gasteiger partial charge on any atom is 0.253 e. The van der Waals surface area contributed by atoms with Crippen molar-refractivity contribution < 1.29 is 18.8 Å². The number of para-hydroxylation sites is 1. The van der Waals surface area contributed by atoms with E-state index in [1.165, 1.54) is 18.2 Å². The predicted molar refractivity (Wildman–Crippen MR) is 105 cm³/mol. The van der Waals surface area contributed by atoms with E-state index in [1.807, 2.05) is 13.8 Å². The Morgan fingerprint density at radius 3 is 2.71 bits per heavy atom. The van der Waals surface area contributed by atoms with Crippen LogP contribution in [0.15, 0.2) is 42.5 Å². The van der Waals surface area contributed by atoms with Gasteiger partial charge in [-0.15, -0.1) is 0 Å². The number of carbonyl (C=O) groups is 3. The minimum Gasteiger partial charge on any atom is -0.352 e. The van der Waals surface area contributed by atoms with Crippen molar-refractivity contribution in [1.82, 2.24) is 5.32 Å². The normalized spacial score (nSPS) is 15.6. The Morgan fingerprint density at radius 2 is 1.96 bits per heavy atom.